The van der Waals surface area contributed by atoms with E-state index in [9.17, 15) is 8.42 Å². The minimum atomic E-state index is -3.73. The summed E-state index contributed by atoms with van der Waals surface area (Å²) in [6, 6.07) is 13.8. The van der Waals surface area contributed by atoms with E-state index >= 15 is 0 Å². The number of imidazole rings is 1. The number of aromatic nitrogens is 2. The minimum Gasteiger partial charge on any atom is -0.497 e. The summed E-state index contributed by atoms with van der Waals surface area (Å²) < 4.78 is 34.6. The maximum Gasteiger partial charge on any atom is 0.243 e. The number of hydrogen-bond acceptors (Lipinski definition) is 4. The summed E-state index contributed by atoms with van der Waals surface area (Å²) in [7, 11) is -2.20. The minimum absolute atomic E-state index is 0.109. The Morgan fingerprint density at radius 1 is 1.21 bits per heavy atom. The maximum absolute atomic E-state index is 13.2. The zero-order valence-electron chi connectivity index (χ0n) is 16.0. The van der Waals surface area contributed by atoms with Gasteiger partial charge >= 0.3 is 0 Å². The molecule has 0 saturated heterocycles. The highest BCUT2D eigenvalue weighted by Crippen LogP contribution is 2.22. The van der Waals surface area contributed by atoms with Gasteiger partial charge in [0.1, 0.15) is 11.6 Å². The molecule has 0 radical (unpaired) electrons. The van der Waals surface area contributed by atoms with Crippen LogP contribution in [0.1, 0.15) is 11.4 Å². The van der Waals surface area contributed by atoms with E-state index in [1.165, 1.54) is 23.5 Å². The zero-order valence-corrected chi connectivity index (χ0v) is 17.6. The number of halogens is 1. The fourth-order valence-electron chi connectivity index (χ4n) is 2.89. The van der Waals surface area contributed by atoms with Crippen molar-refractivity contribution in [3.8, 4) is 5.75 Å². The van der Waals surface area contributed by atoms with Crippen molar-refractivity contribution in [2.75, 3.05) is 13.7 Å². The van der Waals surface area contributed by atoms with E-state index in [1.54, 1.807) is 24.4 Å². The predicted octanol–water partition coefficient (Wildman–Crippen LogP) is 3.97. The second kappa shape index (κ2) is 9.26. The second-order valence-electron chi connectivity index (χ2n) is 6.32. The van der Waals surface area contributed by atoms with Crippen molar-refractivity contribution in [3.05, 3.63) is 90.0 Å². The van der Waals surface area contributed by atoms with Gasteiger partial charge in [-0.05, 0) is 35.9 Å². The Bertz CT molecular complexity index is 1080. The lowest BCUT2D eigenvalue weighted by Crippen LogP contribution is -2.32. The number of methoxy groups -OCH3 is 1. The smallest absolute Gasteiger partial charge is 0.243 e. The van der Waals surface area contributed by atoms with E-state index in [0.29, 0.717) is 23.1 Å². The molecule has 6 nitrogen and oxygen atoms in total. The molecule has 8 heteroatoms. The van der Waals surface area contributed by atoms with E-state index in [-0.39, 0.29) is 18.0 Å². The average Bonchev–Trinajstić information content (AvgIpc) is 3.16. The SMILES string of the molecule is C=CCN(Cc1nccn1Cc1ccccc1Cl)S(=O)(=O)c1ccc(OC)cc1. The highest BCUT2D eigenvalue weighted by Gasteiger charge is 2.25. The lowest BCUT2D eigenvalue weighted by atomic mass is 10.2. The fraction of sp³-hybridized carbons (Fsp3) is 0.190. The summed E-state index contributed by atoms with van der Waals surface area (Å²) in [6.07, 6.45) is 5.02. The first-order valence-corrected chi connectivity index (χ1v) is 10.8. The van der Waals surface area contributed by atoms with Crippen LogP contribution in [0.3, 0.4) is 0 Å². The van der Waals surface area contributed by atoms with Gasteiger partial charge in [-0.25, -0.2) is 13.4 Å². The van der Waals surface area contributed by atoms with E-state index in [0.717, 1.165) is 5.56 Å². The van der Waals surface area contributed by atoms with Crippen molar-refractivity contribution in [3.63, 3.8) is 0 Å². The van der Waals surface area contributed by atoms with Crippen LogP contribution in [0.2, 0.25) is 5.02 Å². The monoisotopic (exact) mass is 431 g/mol. The van der Waals surface area contributed by atoms with Gasteiger partial charge in [0.05, 0.1) is 25.1 Å². The first kappa shape index (κ1) is 21.1. The molecular weight excluding hydrogens is 410 g/mol. The molecule has 0 bridgehead atoms. The third-order valence-electron chi connectivity index (χ3n) is 4.45. The van der Waals surface area contributed by atoms with Crippen LogP contribution in [-0.4, -0.2) is 35.9 Å². The largest absolute Gasteiger partial charge is 0.497 e. The Labute approximate surface area is 176 Å². The molecule has 3 rings (SSSR count). The topological polar surface area (TPSA) is 64.4 Å². The molecule has 1 aromatic heterocycles. The van der Waals surface area contributed by atoms with Crippen molar-refractivity contribution in [1.29, 1.82) is 0 Å². The van der Waals surface area contributed by atoms with Crippen LogP contribution in [0, 0.1) is 0 Å². The van der Waals surface area contributed by atoms with Crippen LogP contribution in [0.5, 0.6) is 5.75 Å². The van der Waals surface area contributed by atoms with Crippen LogP contribution in [0.4, 0.5) is 0 Å². The van der Waals surface area contributed by atoms with Gasteiger partial charge in [-0.3, -0.25) is 0 Å². The Hall–Kier alpha value is -2.61. The Kier molecular flexibility index (Phi) is 6.74. The molecule has 0 atom stereocenters. The van der Waals surface area contributed by atoms with E-state index < -0.39 is 10.0 Å². The highest BCUT2D eigenvalue weighted by molar-refractivity contribution is 7.89. The molecule has 0 aliphatic carbocycles. The first-order chi connectivity index (χ1) is 14.0. The molecule has 2 aromatic carbocycles. The van der Waals surface area contributed by atoms with Crippen molar-refractivity contribution in [2.45, 2.75) is 18.0 Å². The molecule has 0 aliphatic rings. The quantitative estimate of drug-likeness (QED) is 0.481. The number of sulfonamides is 1. The van der Waals surface area contributed by atoms with Gasteiger partial charge in [0.2, 0.25) is 10.0 Å². The normalized spacial score (nSPS) is 11.6. The molecule has 3 aromatic rings. The van der Waals surface area contributed by atoms with Crippen LogP contribution in [-0.2, 0) is 23.1 Å². The van der Waals surface area contributed by atoms with Gasteiger partial charge in [-0.15, -0.1) is 6.58 Å². The molecule has 0 amide bonds. The summed E-state index contributed by atoms with van der Waals surface area (Å²) in [5.74, 6) is 1.21. The predicted molar refractivity (Wildman–Crippen MR) is 114 cm³/mol. The average molecular weight is 432 g/mol. The molecule has 0 fully saturated rings. The number of ether oxygens (including phenoxy) is 1. The molecule has 0 unspecified atom stereocenters. The summed E-state index contributed by atoms with van der Waals surface area (Å²) in [6.45, 7) is 4.46. The molecule has 1 heterocycles. The van der Waals surface area contributed by atoms with Gasteiger partial charge in [0.25, 0.3) is 0 Å². The third kappa shape index (κ3) is 4.87. The highest BCUT2D eigenvalue weighted by atomic mass is 35.5. The van der Waals surface area contributed by atoms with E-state index in [1.807, 2.05) is 35.0 Å². The number of nitrogens with zero attached hydrogens (tertiary/aromatic N) is 3. The standard InChI is InChI=1S/C21H22ClN3O3S/c1-3-13-25(29(26,27)19-10-8-18(28-2)9-11-19)16-21-23-12-14-24(21)15-17-6-4-5-7-20(17)22/h3-12,14H,1,13,15-16H2,2H3. The Morgan fingerprint density at radius 2 is 1.93 bits per heavy atom. The van der Waals surface area contributed by atoms with Crippen molar-refractivity contribution in [1.82, 2.24) is 13.9 Å². The van der Waals surface area contributed by atoms with Crippen molar-refractivity contribution >= 4 is 21.6 Å². The second-order valence-corrected chi connectivity index (χ2v) is 8.67. The molecule has 0 saturated carbocycles. The molecule has 0 aliphatic heterocycles. The molecule has 0 N–H and O–H groups in total. The van der Waals surface area contributed by atoms with Crippen LogP contribution in [0.15, 0.2) is 78.5 Å². The van der Waals surface area contributed by atoms with Crippen molar-refractivity contribution in [2.24, 2.45) is 0 Å². The van der Waals surface area contributed by atoms with Gasteiger partial charge in [-0.2, -0.15) is 4.31 Å². The number of hydrogen-bond donors (Lipinski definition) is 0. The summed E-state index contributed by atoms with van der Waals surface area (Å²) in [4.78, 5) is 4.54. The third-order valence-corrected chi connectivity index (χ3v) is 6.64. The molecular formula is C21H22ClN3O3S. The molecule has 0 spiro atoms. The number of rotatable bonds is 9. The van der Waals surface area contributed by atoms with Crippen LogP contribution < -0.4 is 4.74 Å². The summed E-state index contributed by atoms with van der Waals surface area (Å²) in [5.41, 5.74) is 0.932. The lowest BCUT2D eigenvalue weighted by molar-refractivity contribution is 0.413. The van der Waals surface area contributed by atoms with Gasteiger partial charge in [0, 0.05) is 24.0 Å². The van der Waals surface area contributed by atoms with Crippen LogP contribution >= 0.6 is 11.6 Å². The Balaban J connectivity index is 1.87. The first-order valence-electron chi connectivity index (χ1n) is 8.94. The number of benzene rings is 2. The van der Waals surface area contributed by atoms with Gasteiger partial charge < -0.3 is 9.30 Å². The van der Waals surface area contributed by atoms with Gasteiger partial charge in [-0.1, -0.05) is 35.9 Å². The summed E-state index contributed by atoms with van der Waals surface area (Å²) >= 11 is 6.26. The van der Waals surface area contributed by atoms with E-state index in [2.05, 4.69) is 11.6 Å². The zero-order chi connectivity index (χ0) is 20.9. The van der Waals surface area contributed by atoms with Crippen molar-refractivity contribution < 1.29 is 13.2 Å². The Morgan fingerprint density at radius 3 is 2.59 bits per heavy atom. The molecule has 152 valence electrons. The molecule has 29 heavy (non-hydrogen) atoms. The van der Waals surface area contributed by atoms with Gasteiger partial charge in [0.15, 0.2) is 0 Å². The van der Waals surface area contributed by atoms with E-state index in [4.69, 9.17) is 16.3 Å². The summed E-state index contributed by atoms with van der Waals surface area (Å²) in [5, 5.41) is 0.654. The maximum atomic E-state index is 13.2. The van der Waals surface area contributed by atoms with Crippen LogP contribution in [0.25, 0.3) is 0 Å². The lowest BCUT2D eigenvalue weighted by Gasteiger charge is -2.21. The fourth-order valence-corrected chi connectivity index (χ4v) is 4.45.